The van der Waals surface area contributed by atoms with Crippen LogP contribution in [0.3, 0.4) is 0 Å². The van der Waals surface area contributed by atoms with Gasteiger partial charge in [0.1, 0.15) is 5.75 Å². The molecule has 3 aromatic rings. The molecule has 0 aromatic heterocycles. The zero-order valence-electron chi connectivity index (χ0n) is 19.2. The van der Waals surface area contributed by atoms with Gasteiger partial charge in [0.2, 0.25) is 0 Å². The number of hydrogen-bond donors (Lipinski definition) is 2. The first kappa shape index (κ1) is 23.1. The van der Waals surface area contributed by atoms with Crippen LogP contribution in [0.25, 0.3) is 0 Å². The van der Waals surface area contributed by atoms with Gasteiger partial charge in [-0.2, -0.15) is 0 Å². The first-order chi connectivity index (χ1) is 15.3. The highest BCUT2D eigenvalue weighted by atomic mass is 16.5. The summed E-state index contributed by atoms with van der Waals surface area (Å²) in [6.07, 6.45) is -0.728. The predicted octanol–water partition coefficient (Wildman–Crippen LogP) is 5.51. The third-order valence-electron chi connectivity index (χ3n) is 5.51. The average molecular weight is 431 g/mol. The van der Waals surface area contributed by atoms with Crippen LogP contribution in [0.15, 0.2) is 66.7 Å². The van der Waals surface area contributed by atoms with Crippen LogP contribution in [-0.2, 0) is 4.79 Å². The van der Waals surface area contributed by atoms with E-state index in [0.29, 0.717) is 17.0 Å². The highest BCUT2D eigenvalue weighted by molar-refractivity contribution is 6.04. The maximum absolute atomic E-state index is 12.9. The highest BCUT2D eigenvalue weighted by Gasteiger charge is 2.20. The van der Waals surface area contributed by atoms with Gasteiger partial charge in [-0.15, -0.1) is 0 Å². The van der Waals surface area contributed by atoms with E-state index in [-0.39, 0.29) is 17.9 Å². The van der Waals surface area contributed by atoms with Gasteiger partial charge in [0.25, 0.3) is 11.8 Å². The quantitative estimate of drug-likeness (QED) is 0.519. The number of aryl methyl sites for hydroxylation is 2. The summed E-state index contributed by atoms with van der Waals surface area (Å²) in [7, 11) is 0. The molecule has 0 aliphatic carbocycles. The highest BCUT2D eigenvalue weighted by Crippen LogP contribution is 2.25. The monoisotopic (exact) mass is 430 g/mol. The molecule has 0 aliphatic heterocycles. The van der Waals surface area contributed by atoms with Gasteiger partial charge in [-0.05, 0) is 75.1 Å². The van der Waals surface area contributed by atoms with E-state index in [1.807, 2.05) is 64.1 Å². The van der Waals surface area contributed by atoms with Crippen molar-refractivity contribution >= 4 is 17.5 Å². The van der Waals surface area contributed by atoms with Crippen molar-refractivity contribution in [1.82, 2.24) is 5.32 Å². The van der Waals surface area contributed by atoms with E-state index < -0.39 is 6.10 Å². The van der Waals surface area contributed by atoms with Gasteiger partial charge in [-0.1, -0.05) is 48.5 Å². The molecule has 0 saturated carbocycles. The maximum atomic E-state index is 12.9. The van der Waals surface area contributed by atoms with Gasteiger partial charge >= 0.3 is 0 Å². The van der Waals surface area contributed by atoms with E-state index in [2.05, 4.69) is 16.7 Å². The molecule has 2 atom stereocenters. The number of para-hydroxylation sites is 1. The summed E-state index contributed by atoms with van der Waals surface area (Å²) in [6.45, 7) is 9.62. The van der Waals surface area contributed by atoms with Crippen molar-refractivity contribution < 1.29 is 14.3 Å². The molecule has 0 spiro atoms. The minimum Gasteiger partial charge on any atom is -0.481 e. The number of nitrogens with one attached hydrogen (secondary N) is 2. The number of ether oxygens (including phenoxy) is 1. The lowest BCUT2D eigenvalue weighted by molar-refractivity contribution is -0.122. The van der Waals surface area contributed by atoms with Crippen molar-refractivity contribution in [2.24, 2.45) is 0 Å². The molecule has 0 bridgehead atoms. The van der Waals surface area contributed by atoms with Crippen molar-refractivity contribution in [3.8, 4) is 5.75 Å². The Hall–Kier alpha value is -3.60. The molecule has 2 amide bonds. The van der Waals surface area contributed by atoms with E-state index >= 15 is 0 Å². The average Bonchev–Trinajstić information content (AvgIpc) is 2.77. The summed E-state index contributed by atoms with van der Waals surface area (Å²) >= 11 is 0. The predicted molar refractivity (Wildman–Crippen MR) is 128 cm³/mol. The minimum atomic E-state index is -0.728. The van der Waals surface area contributed by atoms with Gasteiger partial charge in [-0.3, -0.25) is 9.59 Å². The molecule has 0 saturated heterocycles. The normalized spacial score (nSPS) is 12.5. The summed E-state index contributed by atoms with van der Waals surface area (Å²) in [5, 5.41) is 5.84. The van der Waals surface area contributed by atoms with Gasteiger partial charge < -0.3 is 15.4 Å². The third-order valence-corrected chi connectivity index (χ3v) is 5.51. The molecular formula is C27H30N2O3. The molecule has 3 aromatic carbocycles. The van der Waals surface area contributed by atoms with E-state index in [1.54, 1.807) is 31.2 Å². The van der Waals surface area contributed by atoms with Crippen molar-refractivity contribution in [2.75, 3.05) is 5.32 Å². The second-order valence-corrected chi connectivity index (χ2v) is 8.11. The summed E-state index contributed by atoms with van der Waals surface area (Å²) in [4.78, 5) is 25.8. The Morgan fingerprint density at radius 3 is 2.25 bits per heavy atom. The summed E-state index contributed by atoms with van der Waals surface area (Å²) in [6, 6.07) is 20.6. The molecule has 0 radical (unpaired) electrons. The van der Waals surface area contributed by atoms with Crippen LogP contribution in [0.1, 0.15) is 52.5 Å². The first-order valence-corrected chi connectivity index (χ1v) is 10.8. The number of benzene rings is 3. The van der Waals surface area contributed by atoms with Crippen molar-refractivity contribution in [3.05, 3.63) is 94.5 Å². The number of rotatable bonds is 7. The van der Waals surface area contributed by atoms with Crippen LogP contribution in [0.5, 0.6) is 5.75 Å². The summed E-state index contributed by atoms with van der Waals surface area (Å²) < 4.78 is 5.95. The molecule has 166 valence electrons. The van der Waals surface area contributed by atoms with E-state index in [0.717, 1.165) is 22.3 Å². The molecule has 0 fully saturated rings. The molecule has 5 nitrogen and oxygen atoms in total. The molecular weight excluding hydrogens is 400 g/mol. The van der Waals surface area contributed by atoms with Gasteiger partial charge in [0.15, 0.2) is 6.10 Å². The molecule has 0 heterocycles. The van der Waals surface area contributed by atoms with E-state index in [1.165, 1.54) is 0 Å². The second-order valence-electron chi connectivity index (χ2n) is 8.11. The number of amides is 2. The number of carbonyl (C=O) groups excluding carboxylic acids is 2. The minimum absolute atomic E-state index is 0.165. The van der Waals surface area contributed by atoms with Crippen molar-refractivity contribution in [3.63, 3.8) is 0 Å². The van der Waals surface area contributed by atoms with Crippen LogP contribution in [0, 0.1) is 20.8 Å². The molecule has 0 aliphatic rings. The van der Waals surface area contributed by atoms with Crippen LogP contribution in [0.2, 0.25) is 0 Å². The van der Waals surface area contributed by atoms with E-state index in [9.17, 15) is 9.59 Å². The maximum Gasteiger partial charge on any atom is 0.265 e. The fourth-order valence-electron chi connectivity index (χ4n) is 3.49. The van der Waals surface area contributed by atoms with Crippen LogP contribution in [-0.4, -0.2) is 17.9 Å². The Labute approximate surface area is 189 Å². The Kier molecular flexibility index (Phi) is 7.31. The fourth-order valence-corrected chi connectivity index (χ4v) is 3.49. The summed E-state index contributed by atoms with van der Waals surface area (Å²) in [5.74, 6) is 0.115. The second kappa shape index (κ2) is 10.1. The topological polar surface area (TPSA) is 67.4 Å². The molecule has 5 heteroatoms. The van der Waals surface area contributed by atoms with Crippen LogP contribution in [0.4, 0.5) is 5.69 Å². The fraction of sp³-hybridized carbons (Fsp3) is 0.259. The number of carbonyl (C=O) groups is 2. The van der Waals surface area contributed by atoms with E-state index in [4.69, 9.17) is 4.74 Å². The van der Waals surface area contributed by atoms with Crippen molar-refractivity contribution in [1.29, 1.82) is 0 Å². The molecule has 2 N–H and O–H groups in total. The van der Waals surface area contributed by atoms with Crippen molar-refractivity contribution in [2.45, 2.75) is 46.8 Å². The Balaban J connectivity index is 1.71. The lowest BCUT2D eigenvalue weighted by atomic mass is 10.1. The Morgan fingerprint density at radius 2 is 1.53 bits per heavy atom. The third kappa shape index (κ3) is 5.55. The lowest BCUT2D eigenvalue weighted by Gasteiger charge is -2.19. The SMILES string of the molecule is Cc1cc(C)c(C)c(O[C@H](C)C(=O)Nc2ccccc2C(=O)N[C@@H](C)c2ccccc2)c1. The Morgan fingerprint density at radius 1 is 0.875 bits per heavy atom. The molecule has 32 heavy (non-hydrogen) atoms. The van der Waals surface area contributed by atoms with Gasteiger partial charge in [0.05, 0.1) is 17.3 Å². The van der Waals surface area contributed by atoms with Crippen LogP contribution >= 0.6 is 0 Å². The molecule has 0 unspecified atom stereocenters. The largest absolute Gasteiger partial charge is 0.481 e. The van der Waals surface area contributed by atoms with Crippen LogP contribution < -0.4 is 15.4 Å². The van der Waals surface area contributed by atoms with Gasteiger partial charge in [0, 0.05) is 0 Å². The number of anilines is 1. The zero-order valence-corrected chi connectivity index (χ0v) is 19.2. The number of hydrogen-bond acceptors (Lipinski definition) is 3. The zero-order chi connectivity index (χ0) is 23.3. The standard InChI is InChI=1S/C27H30N2O3/c1-17-15-18(2)19(3)25(16-17)32-21(5)26(30)29-24-14-10-9-13-23(24)27(31)28-20(4)22-11-7-6-8-12-22/h6-16,20-21H,1-5H3,(H,28,31)(H,29,30)/t20-,21+/m0/s1. The summed E-state index contributed by atoms with van der Waals surface area (Å²) in [5.41, 5.74) is 5.05. The lowest BCUT2D eigenvalue weighted by Crippen LogP contribution is -2.32. The Bertz CT molecular complexity index is 1110. The first-order valence-electron chi connectivity index (χ1n) is 10.8. The van der Waals surface area contributed by atoms with Gasteiger partial charge in [-0.25, -0.2) is 0 Å². The smallest absolute Gasteiger partial charge is 0.265 e. The molecule has 3 rings (SSSR count).